The molecule has 1 amide bonds. The topological polar surface area (TPSA) is 75.3 Å². The van der Waals surface area contributed by atoms with Crippen molar-refractivity contribution in [2.24, 2.45) is 0 Å². The molecule has 26 heavy (non-hydrogen) atoms. The van der Waals surface area contributed by atoms with Crippen molar-refractivity contribution in [3.63, 3.8) is 0 Å². The largest absolute Gasteiger partial charge is 0.349 e. The molecule has 0 radical (unpaired) electrons. The second-order valence-corrected chi connectivity index (χ2v) is 8.61. The van der Waals surface area contributed by atoms with E-state index in [0.717, 1.165) is 5.56 Å². The molecule has 0 spiro atoms. The highest BCUT2D eigenvalue weighted by Gasteiger charge is 2.21. The van der Waals surface area contributed by atoms with E-state index in [1.165, 1.54) is 24.3 Å². The molecule has 5 nitrogen and oxygen atoms in total. The quantitative estimate of drug-likeness (QED) is 0.759. The smallest absolute Gasteiger partial charge is 0.261 e. The number of sulfonamides is 1. The van der Waals surface area contributed by atoms with Crippen LogP contribution in [0.3, 0.4) is 0 Å². The second-order valence-electron chi connectivity index (χ2n) is 6.92. The van der Waals surface area contributed by atoms with Gasteiger partial charge in [-0.3, -0.25) is 9.52 Å². The molecular formula is C20H24N2O3S. The molecule has 0 saturated heterocycles. The van der Waals surface area contributed by atoms with E-state index in [4.69, 9.17) is 0 Å². The van der Waals surface area contributed by atoms with Crippen LogP contribution >= 0.6 is 0 Å². The summed E-state index contributed by atoms with van der Waals surface area (Å²) < 4.78 is 28.1. The van der Waals surface area contributed by atoms with Gasteiger partial charge in [-0.2, -0.15) is 0 Å². The van der Waals surface area contributed by atoms with E-state index in [-0.39, 0.29) is 16.2 Å². The van der Waals surface area contributed by atoms with Gasteiger partial charge in [0.2, 0.25) is 0 Å². The van der Waals surface area contributed by atoms with Crippen molar-refractivity contribution >= 4 is 21.6 Å². The Bertz CT molecular complexity index is 895. The van der Waals surface area contributed by atoms with Crippen LogP contribution in [-0.4, -0.2) is 20.9 Å². The van der Waals surface area contributed by atoms with Crippen LogP contribution in [-0.2, 0) is 15.4 Å². The Morgan fingerprint density at radius 2 is 1.69 bits per heavy atom. The van der Waals surface area contributed by atoms with Crippen LogP contribution in [0.25, 0.3) is 0 Å². The number of hydrogen-bond acceptors (Lipinski definition) is 3. The minimum atomic E-state index is -3.75. The molecule has 0 aliphatic heterocycles. The highest BCUT2D eigenvalue weighted by Crippen LogP contribution is 2.30. The van der Waals surface area contributed by atoms with Crippen LogP contribution in [0.1, 0.15) is 36.7 Å². The van der Waals surface area contributed by atoms with E-state index in [1.807, 2.05) is 32.9 Å². The van der Waals surface area contributed by atoms with Crippen molar-refractivity contribution in [1.82, 2.24) is 5.32 Å². The average Bonchev–Trinajstić information content (AvgIpc) is 2.59. The first-order valence-corrected chi connectivity index (χ1v) is 9.75. The number of para-hydroxylation sites is 1. The predicted octanol–water partition coefficient (Wildman–Crippen LogP) is 3.70. The maximum atomic E-state index is 12.7. The first-order chi connectivity index (χ1) is 12.1. The fourth-order valence-electron chi connectivity index (χ4n) is 2.48. The van der Waals surface area contributed by atoms with Gasteiger partial charge in [-0.05, 0) is 41.3 Å². The zero-order chi connectivity index (χ0) is 19.4. The fourth-order valence-corrected chi connectivity index (χ4v) is 3.56. The normalized spacial score (nSPS) is 11.7. The van der Waals surface area contributed by atoms with Crippen molar-refractivity contribution in [2.45, 2.75) is 31.1 Å². The number of carbonyl (C=O) groups is 1. The summed E-state index contributed by atoms with van der Waals surface area (Å²) in [7, 11) is -3.75. The van der Waals surface area contributed by atoms with Crippen LogP contribution in [0, 0.1) is 0 Å². The molecule has 138 valence electrons. The first kappa shape index (κ1) is 19.7. The lowest BCUT2D eigenvalue weighted by molar-refractivity contribution is 0.0958. The lowest BCUT2D eigenvalue weighted by Crippen LogP contribution is -2.23. The van der Waals surface area contributed by atoms with Crippen LogP contribution in [0.2, 0.25) is 0 Å². The molecule has 0 aromatic heterocycles. The van der Waals surface area contributed by atoms with Crippen molar-refractivity contribution in [3.8, 4) is 0 Å². The minimum absolute atomic E-state index is 0.0986. The standard InChI is InChI=1S/C20H24N2O3S/c1-5-14-21-19(23)15-10-12-16(13-11-15)26(24,25)22-18-9-7-6-8-17(18)20(2,3)4/h5-13,22H,1,14H2,2-4H3,(H,21,23). The average molecular weight is 372 g/mol. The van der Waals surface area contributed by atoms with E-state index in [2.05, 4.69) is 16.6 Å². The number of hydrogen-bond donors (Lipinski definition) is 2. The van der Waals surface area contributed by atoms with Gasteiger partial charge in [-0.1, -0.05) is 45.0 Å². The molecule has 2 aromatic carbocycles. The molecule has 2 N–H and O–H groups in total. The van der Waals surface area contributed by atoms with Gasteiger partial charge in [0.15, 0.2) is 0 Å². The molecule has 2 aromatic rings. The Hall–Kier alpha value is -2.60. The van der Waals surface area contributed by atoms with E-state index in [9.17, 15) is 13.2 Å². The van der Waals surface area contributed by atoms with Crippen molar-refractivity contribution < 1.29 is 13.2 Å². The number of nitrogens with one attached hydrogen (secondary N) is 2. The van der Waals surface area contributed by atoms with Gasteiger partial charge in [0.05, 0.1) is 10.6 Å². The monoisotopic (exact) mass is 372 g/mol. The molecule has 2 rings (SSSR count). The number of rotatable bonds is 6. The summed E-state index contributed by atoms with van der Waals surface area (Å²) in [5.41, 5.74) is 1.64. The Morgan fingerprint density at radius 1 is 1.08 bits per heavy atom. The predicted molar refractivity (Wildman–Crippen MR) is 105 cm³/mol. The number of benzene rings is 2. The summed E-state index contributed by atoms with van der Waals surface area (Å²) in [4.78, 5) is 12.0. The van der Waals surface area contributed by atoms with E-state index in [0.29, 0.717) is 17.8 Å². The highest BCUT2D eigenvalue weighted by atomic mass is 32.2. The third-order valence-electron chi connectivity index (χ3n) is 3.81. The van der Waals surface area contributed by atoms with Crippen LogP contribution < -0.4 is 10.0 Å². The lowest BCUT2D eigenvalue weighted by atomic mass is 9.86. The van der Waals surface area contributed by atoms with Gasteiger partial charge in [0.25, 0.3) is 15.9 Å². The molecule has 0 bridgehead atoms. The molecule has 0 atom stereocenters. The molecule has 0 heterocycles. The second kappa shape index (κ2) is 7.74. The van der Waals surface area contributed by atoms with Gasteiger partial charge < -0.3 is 5.32 Å². The fraction of sp³-hybridized carbons (Fsp3) is 0.250. The molecular weight excluding hydrogens is 348 g/mol. The third-order valence-corrected chi connectivity index (χ3v) is 5.19. The van der Waals surface area contributed by atoms with E-state index < -0.39 is 10.0 Å². The van der Waals surface area contributed by atoms with Crippen molar-refractivity contribution in [1.29, 1.82) is 0 Å². The van der Waals surface area contributed by atoms with Crippen molar-refractivity contribution in [3.05, 3.63) is 72.3 Å². The zero-order valence-electron chi connectivity index (χ0n) is 15.2. The Morgan fingerprint density at radius 3 is 2.27 bits per heavy atom. The Kier molecular flexibility index (Phi) is 5.87. The summed E-state index contributed by atoms with van der Waals surface area (Å²) in [6.07, 6.45) is 1.58. The van der Waals surface area contributed by atoms with Gasteiger partial charge >= 0.3 is 0 Å². The van der Waals surface area contributed by atoms with Gasteiger partial charge in [-0.15, -0.1) is 6.58 Å². The third kappa shape index (κ3) is 4.73. The summed E-state index contributed by atoms with van der Waals surface area (Å²) in [6.45, 7) is 9.96. The molecule has 0 saturated carbocycles. The molecule has 0 fully saturated rings. The molecule has 0 aliphatic carbocycles. The summed E-state index contributed by atoms with van der Waals surface area (Å²) in [6, 6.07) is 13.1. The van der Waals surface area contributed by atoms with Crippen molar-refractivity contribution in [2.75, 3.05) is 11.3 Å². The van der Waals surface area contributed by atoms with E-state index in [1.54, 1.807) is 18.2 Å². The highest BCUT2D eigenvalue weighted by molar-refractivity contribution is 7.92. The van der Waals surface area contributed by atoms with E-state index >= 15 is 0 Å². The van der Waals surface area contributed by atoms with Crippen LogP contribution in [0.15, 0.2) is 66.1 Å². The van der Waals surface area contributed by atoms with Gasteiger partial charge in [0.1, 0.15) is 0 Å². The van der Waals surface area contributed by atoms with Crippen LogP contribution in [0.5, 0.6) is 0 Å². The van der Waals surface area contributed by atoms with Gasteiger partial charge in [-0.25, -0.2) is 8.42 Å². The SMILES string of the molecule is C=CCNC(=O)c1ccc(S(=O)(=O)Nc2ccccc2C(C)(C)C)cc1. The Labute approximate surface area is 155 Å². The number of amides is 1. The summed E-state index contributed by atoms with van der Waals surface area (Å²) in [5.74, 6) is -0.278. The number of carbonyl (C=O) groups excluding carboxylic acids is 1. The minimum Gasteiger partial charge on any atom is -0.349 e. The lowest BCUT2D eigenvalue weighted by Gasteiger charge is -2.23. The van der Waals surface area contributed by atoms with Crippen LogP contribution in [0.4, 0.5) is 5.69 Å². The maximum absolute atomic E-state index is 12.7. The molecule has 0 unspecified atom stereocenters. The first-order valence-electron chi connectivity index (χ1n) is 8.26. The summed E-state index contributed by atoms with van der Waals surface area (Å²) in [5, 5.41) is 2.65. The Balaban J connectivity index is 2.27. The van der Waals surface area contributed by atoms with Gasteiger partial charge in [0, 0.05) is 12.1 Å². The zero-order valence-corrected chi connectivity index (χ0v) is 16.1. The summed E-state index contributed by atoms with van der Waals surface area (Å²) >= 11 is 0. The number of anilines is 1. The molecule has 0 aliphatic rings. The molecule has 6 heteroatoms. The maximum Gasteiger partial charge on any atom is 0.261 e.